The fourth-order valence-corrected chi connectivity index (χ4v) is 2.71. The maximum atomic E-state index is 11.3. The molecule has 1 aromatic heterocycles. The molecule has 0 spiro atoms. The average molecular weight is 349 g/mol. The minimum Gasteiger partial charge on any atom is -0.394 e. The normalized spacial score (nSPS) is 29.6. The molecule has 134 valence electrons. The second-order valence-corrected chi connectivity index (χ2v) is 5.94. The van der Waals surface area contributed by atoms with Gasteiger partial charge in [0.05, 0.1) is 12.8 Å². The Morgan fingerprint density at radius 1 is 1.16 bits per heavy atom. The van der Waals surface area contributed by atoms with Crippen LogP contribution >= 0.6 is 0 Å². The molecule has 5 atom stereocenters. The van der Waals surface area contributed by atoms with Crippen molar-refractivity contribution >= 4 is 5.78 Å². The highest BCUT2D eigenvalue weighted by Crippen LogP contribution is 2.28. The van der Waals surface area contributed by atoms with Gasteiger partial charge in [0.1, 0.15) is 30.1 Å². The van der Waals surface area contributed by atoms with Gasteiger partial charge in [-0.1, -0.05) is 29.5 Å². The van der Waals surface area contributed by atoms with Crippen LogP contribution in [0.15, 0.2) is 30.5 Å². The average Bonchev–Trinajstić information content (AvgIpc) is 3.10. The summed E-state index contributed by atoms with van der Waals surface area (Å²) in [5.74, 6) is -0.0449. The number of carbonyl (C=O) groups excluding carboxylic acids is 1. The molecule has 3 rings (SSSR count). The molecule has 0 saturated carbocycles. The molecule has 2 aromatic rings. The molecule has 1 aromatic carbocycles. The van der Waals surface area contributed by atoms with Crippen molar-refractivity contribution in [1.29, 1.82) is 0 Å². The third-order valence-corrected chi connectivity index (χ3v) is 4.23. The molecule has 1 aliphatic heterocycles. The molecule has 0 radical (unpaired) electrons. The summed E-state index contributed by atoms with van der Waals surface area (Å²) in [4.78, 5) is 11.3. The number of carbonyl (C=O) groups is 1. The van der Waals surface area contributed by atoms with E-state index in [1.807, 2.05) is 0 Å². The summed E-state index contributed by atoms with van der Waals surface area (Å²) in [6.45, 7) is 0.958. The molecule has 1 aliphatic rings. The standard InChI is InChI=1S/C16H19N3O6/c1-8(21)9-2-4-10(5-3-9)11-6-19(18-17-11)16-15(24)14(23)13(22)12(7-20)25-16/h2-6,12-16,20,22-24H,7H2,1H3/t12-,13-,14+,15-,16-/m1/s1. The van der Waals surface area contributed by atoms with Gasteiger partial charge in [0.25, 0.3) is 0 Å². The van der Waals surface area contributed by atoms with Gasteiger partial charge in [-0.05, 0) is 6.92 Å². The van der Waals surface area contributed by atoms with Crippen molar-refractivity contribution in [2.45, 2.75) is 37.6 Å². The van der Waals surface area contributed by atoms with E-state index in [-0.39, 0.29) is 5.78 Å². The number of rotatable bonds is 4. The van der Waals surface area contributed by atoms with Crippen LogP contribution in [0.25, 0.3) is 11.3 Å². The quantitative estimate of drug-likeness (QED) is 0.522. The van der Waals surface area contributed by atoms with Gasteiger partial charge >= 0.3 is 0 Å². The van der Waals surface area contributed by atoms with Gasteiger partial charge in [-0.3, -0.25) is 4.79 Å². The summed E-state index contributed by atoms with van der Waals surface area (Å²) < 4.78 is 6.64. The molecule has 25 heavy (non-hydrogen) atoms. The van der Waals surface area contributed by atoms with Crippen LogP contribution in [-0.4, -0.2) is 72.2 Å². The molecule has 4 N–H and O–H groups in total. The fraction of sp³-hybridized carbons (Fsp3) is 0.438. The molecular weight excluding hydrogens is 330 g/mol. The van der Waals surface area contributed by atoms with Crippen LogP contribution in [-0.2, 0) is 4.74 Å². The molecule has 0 aliphatic carbocycles. The van der Waals surface area contributed by atoms with Gasteiger partial charge in [-0.15, -0.1) is 5.10 Å². The molecule has 9 heteroatoms. The van der Waals surface area contributed by atoms with E-state index < -0.39 is 37.3 Å². The largest absolute Gasteiger partial charge is 0.394 e. The zero-order valence-electron chi connectivity index (χ0n) is 13.4. The van der Waals surface area contributed by atoms with Crippen molar-refractivity contribution in [2.75, 3.05) is 6.61 Å². The maximum Gasteiger partial charge on any atom is 0.180 e. The first-order valence-corrected chi connectivity index (χ1v) is 7.76. The molecule has 2 heterocycles. The lowest BCUT2D eigenvalue weighted by Crippen LogP contribution is -2.56. The Hall–Kier alpha value is -2.17. The Balaban J connectivity index is 1.84. The summed E-state index contributed by atoms with van der Waals surface area (Å²) in [6.07, 6.45) is -4.97. The maximum absolute atomic E-state index is 11.3. The highest BCUT2D eigenvalue weighted by molar-refractivity contribution is 5.94. The van der Waals surface area contributed by atoms with Crippen molar-refractivity contribution in [3.63, 3.8) is 0 Å². The third-order valence-electron chi connectivity index (χ3n) is 4.23. The lowest BCUT2D eigenvalue weighted by molar-refractivity contribution is -0.254. The number of Topliss-reactive ketones (excluding diaryl/α,β-unsaturated/α-hetero) is 1. The second kappa shape index (κ2) is 6.98. The molecule has 9 nitrogen and oxygen atoms in total. The van der Waals surface area contributed by atoms with E-state index in [0.29, 0.717) is 16.8 Å². The topological polar surface area (TPSA) is 138 Å². The first-order valence-electron chi connectivity index (χ1n) is 7.76. The van der Waals surface area contributed by atoms with Crippen molar-refractivity contribution < 1.29 is 30.0 Å². The van der Waals surface area contributed by atoms with Gasteiger partial charge in [-0.25, -0.2) is 4.68 Å². The number of nitrogens with zero attached hydrogens (tertiary/aromatic N) is 3. The molecular formula is C16H19N3O6. The Morgan fingerprint density at radius 2 is 1.84 bits per heavy atom. The smallest absolute Gasteiger partial charge is 0.180 e. The van der Waals surface area contributed by atoms with Gasteiger partial charge in [0, 0.05) is 11.1 Å². The summed E-state index contributed by atoms with van der Waals surface area (Å²) in [5, 5.41) is 46.9. The van der Waals surface area contributed by atoms with E-state index in [1.165, 1.54) is 17.8 Å². The van der Waals surface area contributed by atoms with E-state index in [1.54, 1.807) is 24.3 Å². The van der Waals surface area contributed by atoms with Gasteiger partial charge in [0.15, 0.2) is 12.0 Å². The second-order valence-electron chi connectivity index (χ2n) is 5.94. The van der Waals surface area contributed by atoms with Crippen LogP contribution in [0.5, 0.6) is 0 Å². The number of ether oxygens (including phenoxy) is 1. The fourth-order valence-electron chi connectivity index (χ4n) is 2.71. The summed E-state index contributed by atoms with van der Waals surface area (Å²) in [5.41, 5.74) is 1.76. The lowest BCUT2D eigenvalue weighted by Gasteiger charge is -2.39. The Morgan fingerprint density at radius 3 is 2.44 bits per heavy atom. The predicted molar refractivity (Wildman–Crippen MR) is 84.5 cm³/mol. The number of ketones is 1. The van der Waals surface area contributed by atoms with Crippen LogP contribution in [0, 0.1) is 0 Å². The Bertz CT molecular complexity index is 745. The van der Waals surface area contributed by atoms with Crippen LogP contribution in [0.3, 0.4) is 0 Å². The summed E-state index contributed by atoms with van der Waals surface area (Å²) >= 11 is 0. The predicted octanol–water partition coefficient (Wildman–Crippen LogP) is -0.880. The van der Waals surface area contributed by atoms with Crippen molar-refractivity contribution in [2.24, 2.45) is 0 Å². The van der Waals surface area contributed by atoms with E-state index in [4.69, 9.17) is 4.74 Å². The van der Waals surface area contributed by atoms with Crippen molar-refractivity contribution in [3.8, 4) is 11.3 Å². The van der Waals surface area contributed by atoms with Crippen LogP contribution < -0.4 is 0 Å². The first kappa shape index (κ1) is 17.6. The number of hydrogen-bond acceptors (Lipinski definition) is 8. The van der Waals surface area contributed by atoms with Gasteiger partial charge < -0.3 is 25.2 Å². The number of hydrogen-bond donors (Lipinski definition) is 4. The minimum atomic E-state index is -1.49. The first-order chi connectivity index (χ1) is 11.9. The molecule has 0 bridgehead atoms. The molecule has 0 amide bonds. The minimum absolute atomic E-state index is 0.0449. The van der Waals surface area contributed by atoms with Crippen molar-refractivity contribution in [1.82, 2.24) is 15.0 Å². The van der Waals surface area contributed by atoms with Gasteiger partial charge in [-0.2, -0.15) is 0 Å². The Kier molecular flexibility index (Phi) is 4.93. The number of aliphatic hydroxyl groups is 4. The summed E-state index contributed by atoms with van der Waals surface area (Å²) in [7, 11) is 0. The van der Waals surface area contributed by atoms with E-state index in [2.05, 4.69) is 10.3 Å². The van der Waals surface area contributed by atoms with E-state index >= 15 is 0 Å². The number of aromatic nitrogens is 3. The van der Waals surface area contributed by atoms with Crippen LogP contribution in [0.2, 0.25) is 0 Å². The van der Waals surface area contributed by atoms with E-state index in [9.17, 15) is 25.2 Å². The molecule has 0 unspecified atom stereocenters. The van der Waals surface area contributed by atoms with E-state index in [0.717, 1.165) is 0 Å². The van der Waals surface area contributed by atoms with Gasteiger partial charge in [0.2, 0.25) is 0 Å². The SMILES string of the molecule is CC(=O)c1ccc(-c2cn([C@@H]3O[C@H](CO)[C@@H](O)[C@H](O)[C@H]3O)nn2)cc1. The zero-order valence-corrected chi connectivity index (χ0v) is 13.4. The monoisotopic (exact) mass is 349 g/mol. The highest BCUT2D eigenvalue weighted by atomic mass is 16.6. The Labute approximate surface area is 143 Å². The van der Waals surface area contributed by atoms with Crippen molar-refractivity contribution in [3.05, 3.63) is 36.0 Å². The number of aliphatic hydroxyl groups excluding tert-OH is 4. The van der Waals surface area contributed by atoms with Crippen LogP contribution in [0.1, 0.15) is 23.5 Å². The number of benzene rings is 1. The zero-order chi connectivity index (χ0) is 18.1. The highest BCUT2D eigenvalue weighted by Gasteiger charge is 2.44. The summed E-state index contributed by atoms with van der Waals surface area (Å²) in [6, 6.07) is 6.78. The van der Waals surface area contributed by atoms with Crippen LogP contribution in [0.4, 0.5) is 0 Å². The molecule has 1 saturated heterocycles. The third kappa shape index (κ3) is 3.32. The molecule has 1 fully saturated rings. The lowest BCUT2D eigenvalue weighted by atomic mass is 9.98.